The van der Waals surface area contributed by atoms with Gasteiger partial charge in [0.25, 0.3) is 0 Å². The summed E-state index contributed by atoms with van der Waals surface area (Å²) in [5, 5.41) is 7.26. The van der Waals surface area contributed by atoms with Gasteiger partial charge in [-0.2, -0.15) is 0 Å². The Morgan fingerprint density at radius 1 is 1.25 bits per heavy atom. The van der Waals surface area contributed by atoms with Crippen LogP contribution in [0.3, 0.4) is 0 Å². The number of hydrogen-bond acceptors (Lipinski definition) is 4. The molecule has 0 atom stereocenters. The molecule has 12 heavy (non-hydrogen) atoms. The molecule has 6 N–H and O–H groups in total. The molecule has 0 radical (unpaired) electrons. The first kappa shape index (κ1) is 13.0. The molecule has 70 valence electrons. The van der Waals surface area contributed by atoms with Gasteiger partial charge in [0.1, 0.15) is 0 Å². The summed E-state index contributed by atoms with van der Waals surface area (Å²) in [6, 6.07) is 0. The maximum atomic E-state index is 9.92. The molecule has 0 unspecified atom stereocenters. The number of hydrogen-bond donors (Lipinski definition) is 4. The van der Waals surface area contributed by atoms with Crippen LogP contribution in [0.5, 0.6) is 0 Å². The Morgan fingerprint density at radius 2 is 1.50 bits per heavy atom. The van der Waals surface area contributed by atoms with E-state index in [1.165, 1.54) is 5.48 Å². The highest BCUT2D eigenvalue weighted by Gasteiger charge is 1.96. The molecule has 0 heterocycles. The Kier molecular flexibility index (Phi) is 10.1. The van der Waals surface area contributed by atoms with Gasteiger partial charge in [0.2, 0.25) is 18.2 Å². The van der Waals surface area contributed by atoms with Crippen LogP contribution < -0.4 is 16.9 Å². The zero-order chi connectivity index (χ0) is 9.98. The fourth-order valence-corrected chi connectivity index (χ4v) is 0.246. The Bertz CT molecular complexity index is 145. The Hall–Kier alpha value is -1.63. The van der Waals surface area contributed by atoms with Gasteiger partial charge < -0.3 is 11.5 Å². The lowest BCUT2D eigenvalue weighted by Gasteiger charge is -1.87. The van der Waals surface area contributed by atoms with Crippen molar-refractivity contribution in [2.75, 3.05) is 0 Å². The predicted octanol–water partition coefficient (Wildman–Crippen LogP) is -2.14. The second-order valence-electron chi connectivity index (χ2n) is 1.68. The third-order valence-electron chi connectivity index (χ3n) is 0.671. The third kappa shape index (κ3) is 23.8. The van der Waals surface area contributed by atoms with Crippen LogP contribution in [0.2, 0.25) is 0 Å². The van der Waals surface area contributed by atoms with Gasteiger partial charge in [0, 0.05) is 12.8 Å². The highest BCUT2D eigenvalue weighted by Crippen LogP contribution is 1.82. The normalized spacial score (nSPS) is 7.42. The second-order valence-corrected chi connectivity index (χ2v) is 1.68. The van der Waals surface area contributed by atoms with Crippen molar-refractivity contribution in [1.82, 2.24) is 5.48 Å². The topological polar surface area (TPSA) is 136 Å². The second kappa shape index (κ2) is 9.37. The van der Waals surface area contributed by atoms with Gasteiger partial charge in [-0.1, -0.05) is 0 Å². The first-order chi connectivity index (χ1) is 5.54. The number of carbonyl (C=O) groups excluding carboxylic acids is 3. The number of hydroxylamine groups is 1. The molecular formula is C5H11N3O4. The fraction of sp³-hybridized carbons (Fsp3) is 0.400. The van der Waals surface area contributed by atoms with Crippen LogP contribution >= 0.6 is 0 Å². The van der Waals surface area contributed by atoms with Crippen molar-refractivity contribution in [3.63, 3.8) is 0 Å². The van der Waals surface area contributed by atoms with Crippen molar-refractivity contribution >= 4 is 18.2 Å². The van der Waals surface area contributed by atoms with Gasteiger partial charge in [0.05, 0.1) is 0 Å². The summed E-state index contributed by atoms with van der Waals surface area (Å²) in [7, 11) is 0. The average molecular weight is 177 g/mol. The van der Waals surface area contributed by atoms with Crippen molar-refractivity contribution in [2.24, 2.45) is 11.5 Å². The van der Waals surface area contributed by atoms with Gasteiger partial charge >= 0.3 is 0 Å². The van der Waals surface area contributed by atoms with E-state index in [1.807, 2.05) is 0 Å². The van der Waals surface area contributed by atoms with Crippen molar-refractivity contribution in [3.05, 3.63) is 0 Å². The summed E-state index contributed by atoms with van der Waals surface area (Å²) in [5.41, 5.74) is 10.6. The van der Waals surface area contributed by atoms with E-state index < -0.39 is 11.8 Å². The predicted molar refractivity (Wildman–Crippen MR) is 38.6 cm³/mol. The smallest absolute Gasteiger partial charge is 0.230 e. The highest BCUT2D eigenvalue weighted by molar-refractivity contribution is 5.81. The van der Waals surface area contributed by atoms with Crippen LogP contribution in [0.25, 0.3) is 0 Å². The van der Waals surface area contributed by atoms with Gasteiger partial charge in [0.15, 0.2) is 0 Å². The van der Waals surface area contributed by atoms with Crippen LogP contribution in [0, 0.1) is 0 Å². The highest BCUT2D eigenvalue weighted by atomic mass is 16.5. The summed E-state index contributed by atoms with van der Waals surface area (Å²) in [5.74, 6) is -0.993. The lowest BCUT2D eigenvalue weighted by atomic mass is 10.3. The minimum Gasteiger partial charge on any atom is -0.370 e. The molecule has 0 aromatic rings. The fourth-order valence-electron chi connectivity index (χ4n) is 0.246. The summed E-state index contributed by atoms with van der Waals surface area (Å²) >= 11 is 0. The minimum absolute atomic E-state index is 0.0509. The van der Waals surface area contributed by atoms with Crippen LogP contribution in [-0.2, 0) is 14.4 Å². The number of nitrogens with one attached hydrogen (secondary N) is 1. The van der Waals surface area contributed by atoms with Crippen molar-refractivity contribution in [3.8, 4) is 0 Å². The van der Waals surface area contributed by atoms with E-state index in [0.29, 0.717) is 0 Å². The summed E-state index contributed by atoms with van der Waals surface area (Å²) in [6.45, 7) is 0. The molecule has 0 rings (SSSR count). The van der Waals surface area contributed by atoms with E-state index in [1.54, 1.807) is 0 Å². The molecule has 0 saturated carbocycles. The Morgan fingerprint density at radius 3 is 1.58 bits per heavy atom. The van der Waals surface area contributed by atoms with Crippen LogP contribution in [0.4, 0.5) is 0 Å². The van der Waals surface area contributed by atoms with E-state index in [2.05, 4.69) is 0 Å². The number of nitrogens with two attached hydrogens (primary N) is 2. The molecule has 0 fully saturated rings. The zero-order valence-electron chi connectivity index (χ0n) is 6.32. The molecule has 0 aromatic carbocycles. The molecule has 3 amide bonds. The average Bonchev–Trinajstić information content (AvgIpc) is 2.01. The number of amides is 3. The Balaban J connectivity index is 0. The largest absolute Gasteiger partial charge is 0.370 e. The zero-order valence-corrected chi connectivity index (χ0v) is 6.32. The third-order valence-corrected chi connectivity index (χ3v) is 0.671. The first-order valence-corrected chi connectivity index (χ1v) is 2.94. The standard InChI is InChI=1S/C4H8N2O2.CH3NO2/c5-3(7)1-2-4(6)8;3-1-2-4/h1-2H2,(H2,5,7)(H2,6,8);1,4H,(H,2,3). The van der Waals surface area contributed by atoms with Crippen LogP contribution in [0.1, 0.15) is 12.8 Å². The van der Waals surface area contributed by atoms with E-state index in [0.717, 1.165) is 0 Å². The molecule has 0 aliphatic carbocycles. The molecule has 0 spiro atoms. The van der Waals surface area contributed by atoms with Gasteiger partial charge in [-0.15, -0.1) is 0 Å². The van der Waals surface area contributed by atoms with E-state index in [-0.39, 0.29) is 19.3 Å². The molecule has 0 aliphatic heterocycles. The number of carbonyl (C=O) groups is 3. The molecule has 0 aromatic heterocycles. The van der Waals surface area contributed by atoms with Gasteiger partial charge in [-0.3, -0.25) is 19.6 Å². The Labute approximate surface area is 68.7 Å². The maximum absolute atomic E-state index is 9.92. The quantitative estimate of drug-likeness (QED) is 0.221. The minimum atomic E-state index is -0.496. The number of primary amides is 2. The SMILES string of the molecule is NC(=O)CCC(N)=O.O=CNO. The van der Waals surface area contributed by atoms with E-state index in [4.69, 9.17) is 21.5 Å². The van der Waals surface area contributed by atoms with E-state index >= 15 is 0 Å². The molecule has 0 saturated heterocycles. The summed E-state index contributed by atoms with van der Waals surface area (Å²) in [4.78, 5) is 28.6. The van der Waals surface area contributed by atoms with Crippen molar-refractivity contribution in [1.29, 1.82) is 0 Å². The summed E-state index contributed by atoms with van der Waals surface area (Å²) in [6.07, 6.45) is 0.282. The van der Waals surface area contributed by atoms with Crippen molar-refractivity contribution < 1.29 is 19.6 Å². The van der Waals surface area contributed by atoms with Crippen LogP contribution in [0.15, 0.2) is 0 Å². The number of rotatable bonds is 4. The monoisotopic (exact) mass is 177 g/mol. The first-order valence-electron chi connectivity index (χ1n) is 2.94. The van der Waals surface area contributed by atoms with E-state index in [9.17, 15) is 9.59 Å². The van der Waals surface area contributed by atoms with Gasteiger partial charge in [-0.05, 0) is 0 Å². The lowest BCUT2D eigenvalue weighted by molar-refractivity contribution is -0.123. The van der Waals surface area contributed by atoms with Crippen molar-refractivity contribution in [2.45, 2.75) is 12.8 Å². The molecule has 0 bridgehead atoms. The molecule has 7 heteroatoms. The maximum Gasteiger partial charge on any atom is 0.230 e. The molecular weight excluding hydrogens is 166 g/mol. The van der Waals surface area contributed by atoms with Gasteiger partial charge in [-0.25, -0.2) is 5.48 Å². The molecule has 7 nitrogen and oxygen atoms in total. The van der Waals surface area contributed by atoms with Crippen LogP contribution in [-0.4, -0.2) is 23.4 Å². The summed E-state index contributed by atoms with van der Waals surface area (Å²) < 4.78 is 0. The molecule has 0 aliphatic rings. The lowest BCUT2D eigenvalue weighted by Crippen LogP contribution is -2.16.